The molecule has 7 unspecified atom stereocenters. The molecule has 4 rings (SSSR count). The number of hydrogen-bond donors (Lipinski definition) is 4. The van der Waals surface area contributed by atoms with E-state index in [4.69, 9.17) is 23.7 Å². The molecule has 0 aromatic heterocycles. The quantitative estimate of drug-likeness (QED) is 0.113. The van der Waals surface area contributed by atoms with Crippen LogP contribution in [0.1, 0.15) is 126 Å². The van der Waals surface area contributed by atoms with E-state index in [2.05, 4.69) is 4.72 Å². The van der Waals surface area contributed by atoms with Crippen molar-refractivity contribution in [2.24, 2.45) is 35.5 Å². The number of ketones is 3. The number of esters is 1. The van der Waals surface area contributed by atoms with Gasteiger partial charge in [0.15, 0.2) is 5.78 Å². The highest BCUT2D eigenvalue weighted by molar-refractivity contribution is 7.89. The van der Waals surface area contributed by atoms with Crippen molar-refractivity contribution in [1.29, 1.82) is 0 Å². The average molecular weight is 1020 g/mol. The van der Waals surface area contributed by atoms with Crippen LogP contribution in [0.4, 0.5) is 0 Å². The molecule has 71 heavy (non-hydrogen) atoms. The highest BCUT2D eigenvalue weighted by Crippen LogP contribution is 2.38. The molecule has 14 atom stereocenters. The van der Waals surface area contributed by atoms with Crippen molar-refractivity contribution < 1.29 is 71.4 Å². The lowest BCUT2D eigenvalue weighted by atomic mass is 9.78. The molecule has 2 aliphatic heterocycles. The van der Waals surface area contributed by atoms with E-state index in [1.807, 2.05) is 13.0 Å². The third-order valence-electron chi connectivity index (χ3n) is 15.1. The number of ether oxygens (including phenoxy) is 5. The first kappa shape index (κ1) is 60.1. The van der Waals surface area contributed by atoms with Crippen molar-refractivity contribution in [3.63, 3.8) is 0 Å². The van der Waals surface area contributed by atoms with Crippen LogP contribution in [0.3, 0.4) is 0 Å². The van der Waals surface area contributed by atoms with Crippen LogP contribution in [0.25, 0.3) is 0 Å². The molecule has 2 aliphatic carbocycles. The number of nitrogens with zero attached hydrogens (tertiary/aromatic N) is 1. The molecular formula is C53H84N2O15S. The Labute approximate surface area is 422 Å². The normalized spacial score (nSPS) is 37.3. The Bertz CT molecular complexity index is 2050. The second-order valence-corrected chi connectivity index (χ2v) is 22.7. The molecule has 0 radical (unpaired) electrons. The number of rotatable bonds is 12. The summed E-state index contributed by atoms with van der Waals surface area (Å²) in [5.41, 5.74) is 0.909. The Balaban J connectivity index is 1.67. The van der Waals surface area contributed by atoms with Crippen LogP contribution in [-0.4, -0.2) is 153 Å². The molecule has 0 spiro atoms. The number of carbonyl (C=O) groups is 5. The van der Waals surface area contributed by atoms with Crippen LogP contribution in [0.15, 0.2) is 47.6 Å². The lowest BCUT2D eigenvalue weighted by molar-refractivity contribution is -0.263. The Hall–Kier alpha value is -3.46. The number of likely N-dealkylation sites (N-methyl/N-ethyl adjacent to an activating group) is 1. The van der Waals surface area contributed by atoms with Gasteiger partial charge in [-0.05, 0) is 115 Å². The molecule has 2 heterocycles. The fraction of sp³-hybridized carbons (Fsp3) is 0.755. The number of fused-ring (bicyclic) bond motifs is 2. The fourth-order valence-corrected chi connectivity index (χ4v) is 10.8. The lowest BCUT2D eigenvalue weighted by Gasteiger charge is -2.42. The average Bonchev–Trinajstić information content (AvgIpc) is 4.17. The smallest absolute Gasteiger partial charge is 0.328 e. The summed E-state index contributed by atoms with van der Waals surface area (Å²) in [4.78, 5) is 70.8. The molecule has 0 aromatic rings. The molecule has 1 saturated heterocycles. The van der Waals surface area contributed by atoms with Gasteiger partial charge in [-0.3, -0.25) is 19.2 Å². The number of aliphatic hydroxyl groups excluding tert-OH is 2. The molecular weight excluding hydrogens is 937 g/mol. The van der Waals surface area contributed by atoms with E-state index >= 15 is 0 Å². The maximum atomic E-state index is 14.1. The van der Waals surface area contributed by atoms with Crippen molar-refractivity contribution in [2.75, 3.05) is 40.2 Å². The van der Waals surface area contributed by atoms with Gasteiger partial charge in [0.25, 0.3) is 11.7 Å². The first-order valence-corrected chi connectivity index (χ1v) is 27.2. The van der Waals surface area contributed by atoms with Crippen LogP contribution in [-0.2, 0) is 57.7 Å². The topological polar surface area (TPSA) is 242 Å². The SMILES string of the molecule is COC1C(=O)C(C)CC/C=C/C=C/C=C(\C)C(NS(=O)(=O)CCO)C[C@H]2CC[C@H](C)[C@](O)(O2)C(=O)C(=O)N(C)C(C)C(=O)OC([C@H](C)C[C@@H]2CC[C@@H](OCC3CC3)[C@H](OC)C2)CC(=O)C(C)/C=C(\C)C1O. The molecule has 17 nitrogen and oxygen atoms in total. The predicted molar refractivity (Wildman–Crippen MR) is 267 cm³/mol. The number of Topliss-reactive ketones (excluding diaryl/α,β-unsaturated/α-hetero) is 3. The Morgan fingerprint density at radius 2 is 1.58 bits per heavy atom. The molecule has 2 bridgehead atoms. The monoisotopic (exact) mass is 1020 g/mol. The minimum atomic E-state index is -3.99. The summed E-state index contributed by atoms with van der Waals surface area (Å²) in [6.45, 7) is 11.7. The number of hydrogen-bond acceptors (Lipinski definition) is 15. The van der Waals surface area contributed by atoms with Gasteiger partial charge < -0.3 is 43.9 Å². The van der Waals surface area contributed by atoms with E-state index in [0.29, 0.717) is 49.2 Å². The maximum absolute atomic E-state index is 14.1. The van der Waals surface area contributed by atoms with Gasteiger partial charge in [0.05, 0.1) is 30.7 Å². The molecule has 3 fully saturated rings. The second kappa shape index (κ2) is 27.7. The number of carbonyl (C=O) groups excluding carboxylic acids is 5. The van der Waals surface area contributed by atoms with Gasteiger partial charge in [0, 0.05) is 58.1 Å². The zero-order valence-electron chi connectivity index (χ0n) is 43.7. The van der Waals surface area contributed by atoms with Gasteiger partial charge in [0.2, 0.25) is 15.8 Å². The first-order chi connectivity index (χ1) is 33.5. The largest absolute Gasteiger partial charge is 0.460 e. The van der Waals surface area contributed by atoms with Crippen LogP contribution in [0, 0.1) is 35.5 Å². The summed E-state index contributed by atoms with van der Waals surface area (Å²) in [5.74, 6) is -8.91. The first-order valence-electron chi connectivity index (χ1n) is 25.6. The maximum Gasteiger partial charge on any atom is 0.328 e. The summed E-state index contributed by atoms with van der Waals surface area (Å²) >= 11 is 0. The van der Waals surface area contributed by atoms with Crippen LogP contribution >= 0.6 is 0 Å². The van der Waals surface area contributed by atoms with Crippen molar-refractivity contribution in [2.45, 2.75) is 180 Å². The summed E-state index contributed by atoms with van der Waals surface area (Å²) in [6, 6.07) is -2.26. The number of amides is 1. The van der Waals surface area contributed by atoms with Crippen LogP contribution < -0.4 is 4.72 Å². The Morgan fingerprint density at radius 3 is 2.23 bits per heavy atom. The summed E-state index contributed by atoms with van der Waals surface area (Å²) < 4.78 is 58.4. The number of cyclic esters (lactones) is 1. The van der Waals surface area contributed by atoms with E-state index < -0.39 is 100 Å². The van der Waals surface area contributed by atoms with Crippen molar-refractivity contribution in [3.8, 4) is 0 Å². The molecule has 4 aliphatic rings. The third kappa shape index (κ3) is 17.3. The van der Waals surface area contributed by atoms with Gasteiger partial charge in [-0.25, -0.2) is 17.9 Å². The van der Waals surface area contributed by atoms with E-state index in [1.54, 1.807) is 72.1 Å². The highest BCUT2D eigenvalue weighted by Gasteiger charge is 2.52. The Kier molecular flexibility index (Phi) is 23.5. The number of allylic oxidation sites excluding steroid dienone is 6. The van der Waals surface area contributed by atoms with Gasteiger partial charge in [-0.1, -0.05) is 69.7 Å². The van der Waals surface area contributed by atoms with Gasteiger partial charge in [-0.15, -0.1) is 0 Å². The zero-order valence-corrected chi connectivity index (χ0v) is 44.6. The van der Waals surface area contributed by atoms with Crippen molar-refractivity contribution in [3.05, 3.63) is 47.6 Å². The second-order valence-electron chi connectivity index (χ2n) is 20.8. The molecule has 18 heteroatoms. The predicted octanol–water partition coefficient (Wildman–Crippen LogP) is 5.10. The lowest BCUT2D eigenvalue weighted by Crippen LogP contribution is -2.59. The van der Waals surface area contributed by atoms with E-state index in [1.165, 1.54) is 33.9 Å². The van der Waals surface area contributed by atoms with Crippen LogP contribution in [0.5, 0.6) is 0 Å². The molecule has 2 saturated carbocycles. The molecule has 4 N–H and O–H groups in total. The summed E-state index contributed by atoms with van der Waals surface area (Å²) in [5, 5.41) is 32.8. The summed E-state index contributed by atoms with van der Waals surface area (Å²) in [6.07, 6.45) is 12.3. The molecule has 402 valence electrons. The Morgan fingerprint density at radius 1 is 0.887 bits per heavy atom. The third-order valence-corrected chi connectivity index (χ3v) is 16.5. The van der Waals surface area contributed by atoms with E-state index in [9.17, 15) is 47.7 Å². The zero-order chi connectivity index (χ0) is 52.8. The van der Waals surface area contributed by atoms with Crippen molar-refractivity contribution in [1.82, 2.24) is 9.62 Å². The molecule has 0 aromatic carbocycles. The van der Waals surface area contributed by atoms with Gasteiger partial charge in [-0.2, -0.15) is 0 Å². The summed E-state index contributed by atoms with van der Waals surface area (Å²) in [7, 11) is 0.271. The number of nitrogens with one attached hydrogen (secondary N) is 1. The standard InChI is InChI=1S/C53H84N2O15S/c1-32-16-14-12-11-13-15-17-33(2)47(58)49(67-10)48(59)36(5)26-34(3)43(57)30-45(35(4)27-40-21-23-44(46(28-40)66-9)68-31-39-19-20-39)69-52(62)38(7)55(8)51(61)50(60)53(63)37(6)18-22-41(70-53)29-42(32)54-71(64,65)25-24-56/h11-14,16,26,33-35,37-42,44-46,48-49,54,56,59,63H,15,17-25,27-31H2,1-10H3/b13-11+,14-12+,32-16+,36-26+/t33?,34?,35-,37+,38?,40+,41-,42?,44-,45?,46-,48?,49?,53+/m1/s1. The minimum absolute atomic E-state index is 0.0249. The number of aliphatic hydroxyl groups is 3. The molecule has 1 amide bonds. The van der Waals surface area contributed by atoms with Gasteiger partial charge in [0.1, 0.15) is 30.1 Å². The van der Waals surface area contributed by atoms with E-state index in [-0.39, 0.29) is 54.9 Å². The highest BCUT2D eigenvalue weighted by atomic mass is 32.2. The number of methoxy groups -OCH3 is 2. The van der Waals surface area contributed by atoms with Crippen molar-refractivity contribution >= 4 is 39.2 Å². The van der Waals surface area contributed by atoms with Gasteiger partial charge >= 0.3 is 5.97 Å². The van der Waals surface area contributed by atoms with Crippen LogP contribution in [0.2, 0.25) is 0 Å². The minimum Gasteiger partial charge on any atom is -0.460 e. The van der Waals surface area contributed by atoms with E-state index in [0.717, 1.165) is 24.3 Å². The number of sulfonamides is 1. The fourth-order valence-electron chi connectivity index (χ4n) is 9.74.